The van der Waals surface area contributed by atoms with Crippen molar-refractivity contribution in [3.63, 3.8) is 0 Å². The molecule has 6 heteroatoms. The first-order chi connectivity index (χ1) is 5.27. The van der Waals surface area contributed by atoms with Crippen LogP contribution < -0.4 is 11.1 Å². The second kappa shape index (κ2) is 3.51. The molecule has 0 fully saturated rings. The summed E-state index contributed by atoms with van der Waals surface area (Å²) >= 11 is 0. The third-order valence-corrected chi connectivity index (χ3v) is 1.33. The zero-order chi connectivity index (χ0) is 9.94. The third kappa shape index (κ3) is 2.85. The highest BCUT2D eigenvalue weighted by atomic mass is 16.4. The van der Waals surface area contributed by atoms with Gasteiger partial charge < -0.3 is 15.9 Å². The molecular formula is C6H12N2O4. The van der Waals surface area contributed by atoms with Crippen LogP contribution in [0, 0.1) is 0 Å². The van der Waals surface area contributed by atoms with Gasteiger partial charge in [0.05, 0.1) is 0 Å². The molecule has 6 nitrogen and oxygen atoms in total. The smallest absolute Gasteiger partial charge is 0.338 e. The largest absolute Gasteiger partial charge is 0.480 e. The van der Waals surface area contributed by atoms with Crippen LogP contribution in [0.4, 0.5) is 0 Å². The number of carboxylic acids is 2. The topological polar surface area (TPSA) is 113 Å². The predicted octanol–water partition coefficient (Wildman–Crippen LogP) is -1.19. The first-order valence-corrected chi connectivity index (χ1v) is 3.30. The summed E-state index contributed by atoms with van der Waals surface area (Å²) in [5.41, 5.74) is 3.51. The quantitative estimate of drug-likeness (QED) is 0.400. The second-order valence-electron chi connectivity index (χ2n) is 2.71. The first-order valence-electron chi connectivity index (χ1n) is 3.30. The molecule has 70 valence electrons. The van der Waals surface area contributed by atoms with Crippen LogP contribution in [0.3, 0.4) is 0 Å². The van der Waals surface area contributed by atoms with E-state index in [4.69, 9.17) is 15.9 Å². The Morgan fingerprint density at radius 3 is 2.17 bits per heavy atom. The lowest BCUT2D eigenvalue weighted by atomic mass is 10.2. The van der Waals surface area contributed by atoms with Gasteiger partial charge in [-0.3, -0.25) is 10.1 Å². The van der Waals surface area contributed by atoms with E-state index in [1.165, 1.54) is 13.8 Å². The molecule has 0 aliphatic carbocycles. The van der Waals surface area contributed by atoms with E-state index in [-0.39, 0.29) is 0 Å². The van der Waals surface area contributed by atoms with Crippen molar-refractivity contribution < 1.29 is 19.8 Å². The van der Waals surface area contributed by atoms with Crippen molar-refractivity contribution in [3.05, 3.63) is 0 Å². The van der Waals surface area contributed by atoms with E-state index >= 15 is 0 Å². The zero-order valence-corrected chi connectivity index (χ0v) is 6.87. The molecule has 0 spiro atoms. The molecule has 12 heavy (non-hydrogen) atoms. The van der Waals surface area contributed by atoms with Crippen LogP contribution in [0.15, 0.2) is 0 Å². The lowest BCUT2D eigenvalue weighted by molar-refractivity contribution is -0.146. The van der Waals surface area contributed by atoms with Crippen LogP contribution in [-0.4, -0.2) is 33.9 Å². The molecular weight excluding hydrogens is 164 g/mol. The summed E-state index contributed by atoms with van der Waals surface area (Å²) in [6.45, 7) is 2.51. The number of carbonyl (C=O) groups is 2. The average molecular weight is 176 g/mol. The fourth-order valence-electron chi connectivity index (χ4n) is 0.573. The number of hydrogen-bond acceptors (Lipinski definition) is 4. The Labute approximate surface area is 69.4 Å². The van der Waals surface area contributed by atoms with Gasteiger partial charge in [-0.25, -0.2) is 4.79 Å². The predicted molar refractivity (Wildman–Crippen MR) is 40.5 cm³/mol. The van der Waals surface area contributed by atoms with Crippen molar-refractivity contribution in [1.29, 1.82) is 0 Å². The monoisotopic (exact) mass is 176 g/mol. The summed E-state index contributed by atoms with van der Waals surface area (Å²) in [5.74, 6) is -2.44. The van der Waals surface area contributed by atoms with Crippen LogP contribution in [0.2, 0.25) is 0 Å². The fraction of sp³-hybridized carbons (Fsp3) is 0.667. The minimum atomic E-state index is -1.71. The number of hydrogen-bond donors (Lipinski definition) is 4. The number of aliphatic carboxylic acids is 2. The van der Waals surface area contributed by atoms with Crippen molar-refractivity contribution >= 4 is 11.9 Å². The first kappa shape index (κ1) is 10.9. The molecule has 0 aromatic rings. The van der Waals surface area contributed by atoms with Crippen molar-refractivity contribution in [2.45, 2.75) is 25.6 Å². The lowest BCUT2D eigenvalue weighted by Crippen LogP contribution is -2.61. The molecule has 0 amide bonds. The highest BCUT2D eigenvalue weighted by molar-refractivity contribution is 5.79. The Morgan fingerprint density at radius 1 is 1.50 bits per heavy atom. The van der Waals surface area contributed by atoms with Gasteiger partial charge in [-0.05, 0) is 13.8 Å². The van der Waals surface area contributed by atoms with E-state index in [0.717, 1.165) is 0 Å². The normalized spacial score (nSPS) is 17.9. The van der Waals surface area contributed by atoms with Gasteiger partial charge in [0.2, 0.25) is 0 Å². The van der Waals surface area contributed by atoms with Crippen LogP contribution in [0.1, 0.15) is 13.8 Å². The highest BCUT2D eigenvalue weighted by Crippen LogP contribution is 1.96. The molecule has 0 heterocycles. The van der Waals surface area contributed by atoms with Gasteiger partial charge in [-0.1, -0.05) is 0 Å². The van der Waals surface area contributed by atoms with E-state index in [1.807, 2.05) is 0 Å². The second-order valence-corrected chi connectivity index (χ2v) is 2.71. The van der Waals surface area contributed by atoms with Gasteiger partial charge >= 0.3 is 11.9 Å². The SMILES string of the molecule is C[C@@H](N[C@](C)(N)C(=O)O)C(=O)O. The van der Waals surface area contributed by atoms with Gasteiger partial charge in [0.1, 0.15) is 6.04 Å². The Hall–Kier alpha value is -1.14. The molecule has 0 saturated carbocycles. The molecule has 0 aliphatic rings. The molecule has 0 aromatic carbocycles. The molecule has 5 N–H and O–H groups in total. The molecule has 0 rings (SSSR count). The number of nitrogens with one attached hydrogen (secondary N) is 1. The maximum atomic E-state index is 10.4. The molecule has 0 unspecified atom stereocenters. The molecule has 2 atom stereocenters. The molecule has 0 aliphatic heterocycles. The number of rotatable bonds is 4. The minimum Gasteiger partial charge on any atom is -0.480 e. The highest BCUT2D eigenvalue weighted by Gasteiger charge is 2.31. The Bertz CT molecular complexity index is 202. The van der Waals surface area contributed by atoms with E-state index < -0.39 is 23.6 Å². The van der Waals surface area contributed by atoms with Gasteiger partial charge in [0.25, 0.3) is 0 Å². The molecule has 0 saturated heterocycles. The summed E-state index contributed by atoms with van der Waals surface area (Å²) < 4.78 is 0. The minimum absolute atomic E-state index is 0.990. The van der Waals surface area contributed by atoms with E-state index in [2.05, 4.69) is 5.32 Å². The van der Waals surface area contributed by atoms with Crippen molar-refractivity contribution in [1.82, 2.24) is 5.32 Å². The van der Waals surface area contributed by atoms with Crippen LogP contribution in [0.5, 0.6) is 0 Å². The van der Waals surface area contributed by atoms with E-state index in [0.29, 0.717) is 0 Å². The standard InChI is InChI=1S/C6H12N2O4/c1-3(4(9)10)8-6(2,7)5(11)12/h3,8H,7H2,1-2H3,(H,9,10)(H,11,12)/t3-,6+/m1/s1. The van der Waals surface area contributed by atoms with Crippen molar-refractivity contribution in [2.24, 2.45) is 5.73 Å². The van der Waals surface area contributed by atoms with Crippen molar-refractivity contribution in [3.8, 4) is 0 Å². The lowest BCUT2D eigenvalue weighted by Gasteiger charge is -2.23. The molecule has 0 bridgehead atoms. The van der Waals surface area contributed by atoms with Crippen LogP contribution in [0.25, 0.3) is 0 Å². The summed E-state index contributed by atoms with van der Waals surface area (Å²) in [7, 11) is 0. The molecule has 0 aromatic heterocycles. The maximum Gasteiger partial charge on any atom is 0.338 e. The van der Waals surface area contributed by atoms with Gasteiger partial charge in [0, 0.05) is 0 Å². The number of carboxylic acid groups (broad SMARTS) is 2. The number of nitrogens with two attached hydrogens (primary N) is 1. The summed E-state index contributed by atoms with van der Waals surface area (Å²) in [5, 5.41) is 19.1. The summed E-state index contributed by atoms with van der Waals surface area (Å²) in [6.07, 6.45) is 0. The van der Waals surface area contributed by atoms with Crippen LogP contribution >= 0.6 is 0 Å². The summed E-state index contributed by atoms with van der Waals surface area (Å²) in [6, 6.07) is -0.990. The van der Waals surface area contributed by atoms with E-state index in [1.54, 1.807) is 0 Å². The van der Waals surface area contributed by atoms with Crippen LogP contribution in [-0.2, 0) is 9.59 Å². The zero-order valence-electron chi connectivity index (χ0n) is 6.87. The Morgan fingerprint density at radius 2 is 1.92 bits per heavy atom. The van der Waals surface area contributed by atoms with Gasteiger partial charge in [-0.2, -0.15) is 0 Å². The average Bonchev–Trinajstić information content (AvgIpc) is 1.85. The Kier molecular flexibility index (Phi) is 3.17. The van der Waals surface area contributed by atoms with Gasteiger partial charge in [0.15, 0.2) is 5.66 Å². The Balaban J connectivity index is 4.24. The molecule has 0 radical (unpaired) electrons. The maximum absolute atomic E-state index is 10.4. The third-order valence-electron chi connectivity index (χ3n) is 1.33. The summed E-state index contributed by atoms with van der Waals surface area (Å²) in [4.78, 5) is 20.7. The van der Waals surface area contributed by atoms with E-state index in [9.17, 15) is 9.59 Å². The van der Waals surface area contributed by atoms with Gasteiger partial charge in [-0.15, -0.1) is 0 Å². The fourth-order valence-corrected chi connectivity index (χ4v) is 0.573. The van der Waals surface area contributed by atoms with Crippen molar-refractivity contribution in [2.75, 3.05) is 0 Å².